The minimum absolute atomic E-state index is 0.666. The van der Waals surface area contributed by atoms with Gasteiger partial charge < -0.3 is 10.2 Å². The Morgan fingerprint density at radius 3 is 2.88 bits per heavy atom. The quantitative estimate of drug-likeness (QED) is 0.821. The third-order valence-electron chi connectivity index (χ3n) is 3.12. The number of nitrogens with one attached hydrogen (secondary N) is 1. The van der Waals surface area contributed by atoms with Crippen LogP contribution in [0.25, 0.3) is 0 Å². The zero-order valence-corrected chi connectivity index (χ0v) is 10.0. The molecule has 0 bridgehead atoms. The summed E-state index contributed by atoms with van der Waals surface area (Å²) in [6, 6.07) is 4.87. The van der Waals surface area contributed by atoms with E-state index < -0.39 is 0 Å². The summed E-state index contributed by atoms with van der Waals surface area (Å²) < 4.78 is 0. The Kier molecular flexibility index (Phi) is 4.17. The topological polar surface area (TPSA) is 28.2 Å². The summed E-state index contributed by atoms with van der Waals surface area (Å²) in [4.78, 5) is 6.54. The van der Waals surface area contributed by atoms with E-state index in [0.717, 1.165) is 13.1 Å². The van der Waals surface area contributed by atoms with Gasteiger partial charge in [-0.1, -0.05) is 6.92 Å². The molecule has 2 heterocycles. The van der Waals surface area contributed by atoms with Crippen LogP contribution < -0.4 is 10.2 Å². The molecule has 0 amide bonds. The first-order valence-corrected chi connectivity index (χ1v) is 6.28. The molecule has 1 fully saturated rings. The molecule has 3 heteroatoms. The number of rotatable bonds is 5. The summed E-state index contributed by atoms with van der Waals surface area (Å²) in [5.41, 5.74) is 1.30. The van der Waals surface area contributed by atoms with Gasteiger partial charge in [0.05, 0.1) is 0 Å². The highest BCUT2D eigenvalue weighted by Crippen LogP contribution is 2.15. The first-order chi connectivity index (χ1) is 7.90. The molecular formula is C13H21N3. The predicted molar refractivity (Wildman–Crippen MR) is 67.8 cm³/mol. The van der Waals surface area contributed by atoms with Crippen LogP contribution in [0.5, 0.6) is 0 Å². The summed E-state index contributed by atoms with van der Waals surface area (Å²) >= 11 is 0. The van der Waals surface area contributed by atoms with E-state index in [1.54, 1.807) is 0 Å². The number of aromatic nitrogens is 1. The molecule has 1 N–H and O–H groups in total. The second-order valence-electron chi connectivity index (χ2n) is 4.44. The maximum Gasteiger partial charge on any atom is 0.0397 e. The molecule has 1 atom stereocenters. The highest BCUT2D eigenvalue weighted by Gasteiger charge is 2.17. The van der Waals surface area contributed by atoms with Gasteiger partial charge in [-0.15, -0.1) is 0 Å². The molecule has 1 aliphatic heterocycles. The number of pyridine rings is 1. The molecule has 1 unspecified atom stereocenters. The predicted octanol–water partition coefficient (Wildman–Crippen LogP) is 2.05. The first-order valence-electron chi connectivity index (χ1n) is 6.28. The number of nitrogens with zero attached hydrogens (tertiary/aromatic N) is 2. The number of hydrogen-bond donors (Lipinski definition) is 1. The van der Waals surface area contributed by atoms with E-state index in [1.165, 1.54) is 31.5 Å². The van der Waals surface area contributed by atoms with Crippen molar-refractivity contribution in [2.24, 2.45) is 0 Å². The van der Waals surface area contributed by atoms with Crippen LogP contribution in [-0.2, 0) is 0 Å². The fourth-order valence-corrected chi connectivity index (χ4v) is 2.33. The second kappa shape index (κ2) is 5.85. The third kappa shape index (κ3) is 2.95. The van der Waals surface area contributed by atoms with Crippen LogP contribution in [0, 0.1) is 0 Å². The van der Waals surface area contributed by atoms with Gasteiger partial charge in [0.2, 0.25) is 0 Å². The van der Waals surface area contributed by atoms with Gasteiger partial charge in [-0.3, -0.25) is 4.98 Å². The summed E-state index contributed by atoms with van der Waals surface area (Å²) in [5.74, 6) is 0. The lowest BCUT2D eigenvalue weighted by Gasteiger charge is -2.27. The standard InChI is InChI=1S/C13H21N3/c1-2-10-16(11-12-4-3-7-15-12)13-5-8-14-9-6-13/h5-6,8-9,12,15H,2-4,7,10-11H2,1H3. The van der Waals surface area contributed by atoms with E-state index in [2.05, 4.69) is 34.3 Å². The Hall–Kier alpha value is -1.09. The van der Waals surface area contributed by atoms with Crippen molar-refractivity contribution in [3.63, 3.8) is 0 Å². The van der Waals surface area contributed by atoms with E-state index in [0.29, 0.717) is 6.04 Å². The molecule has 88 valence electrons. The smallest absolute Gasteiger partial charge is 0.0397 e. The van der Waals surface area contributed by atoms with Crippen molar-refractivity contribution in [2.75, 3.05) is 24.5 Å². The Morgan fingerprint density at radius 2 is 2.25 bits per heavy atom. The van der Waals surface area contributed by atoms with Crippen molar-refractivity contribution in [1.82, 2.24) is 10.3 Å². The van der Waals surface area contributed by atoms with Gasteiger partial charge in [0.1, 0.15) is 0 Å². The van der Waals surface area contributed by atoms with Crippen molar-refractivity contribution in [3.05, 3.63) is 24.5 Å². The van der Waals surface area contributed by atoms with Gasteiger partial charge >= 0.3 is 0 Å². The average molecular weight is 219 g/mol. The van der Waals surface area contributed by atoms with Crippen LogP contribution in [0.3, 0.4) is 0 Å². The summed E-state index contributed by atoms with van der Waals surface area (Å²) in [6.07, 6.45) is 7.57. The summed E-state index contributed by atoms with van der Waals surface area (Å²) in [7, 11) is 0. The molecule has 0 radical (unpaired) electrons. The molecule has 1 saturated heterocycles. The van der Waals surface area contributed by atoms with Gasteiger partial charge in [-0.2, -0.15) is 0 Å². The van der Waals surface area contributed by atoms with Crippen LogP contribution in [0.4, 0.5) is 5.69 Å². The molecular weight excluding hydrogens is 198 g/mol. The number of anilines is 1. The highest BCUT2D eigenvalue weighted by molar-refractivity contribution is 5.44. The van der Waals surface area contributed by atoms with Crippen LogP contribution in [0.1, 0.15) is 26.2 Å². The zero-order chi connectivity index (χ0) is 11.2. The molecule has 3 nitrogen and oxygen atoms in total. The third-order valence-corrected chi connectivity index (χ3v) is 3.12. The van der Waals surface area contributed by atoms with Crippen LogP contribution >= 0.6 is 0 Å². The zero-order valence-electron chi connectivity index (χ0n) is 10.0. The maximum absolute atomic E-state index is 4.08. The molecule has 0 spiro atoms. The second-order valence-corrected chi connectivity index (χ2v) is 4.44. The highest BCUT2D eigenvalue weighted by atomic mass is 15.2. The van der Waals surface area contributed by atoms with E-state index in [4.69, 9.17) is 0 Å². The Morgan fingerprint density at radius 1 is 1.44 bits per heavy atom. The van der Waals surface area contributed by atoms with Crippen LogP contribution in [0.15, 0.2) is 24.5 Å². The lowest BCUT2D eigenvalue weighted by molar-refractivity contribution is 0.578. The Bertz CT molecular complexity index is 293. The minimum atomic E-state index is 0.666. The van der Waals surface area contributed by atoms with Gasteiger partial charge in [-0.05, 0) is 37.9 Å². The lowest BCUT2D eigenvalue weighted by atomic mass is 10.2. The van der Waals surface area contributed by atoms with Gasteiger partial charge in [0, 0.05) is 37.2 Å². The SMILES string of the molecule is CCCN(CC1CCCN1)c1ccncc1. The van der Waals surface area contributed by atoms with Crippen LogP contribution in [0.2, 0.25) is 0 Å². The minimum Gasteiger partial charge on any atom is -0.370 e. The Labute approximate surface area is 97.9 Å². The summed E-state index contributed by atoms with van der Waals surface area (Å²) in [5, 5.41) is 3.56. The largest absolute Gasteiger partial charge is 0.370 e. The van der Waals surface area contributed by atoms with Gasteiger partial charge in [0.15, 0.2) is 0 Å². The van der Waals surface area contributed by atoms with Crippen molar-refractivity contribution >= 4 is 5.69 Å². The first kappa shape index (κ1) is 11.4. The van der Waals surface area contributed by atoms with Crippen molar-refractivity contribution in [2.45, 2.75) is 32.2 Å². The molecule has 1 aromatic rings. The fourth-order valence-electron chi connectivity index (χ4n) is 2.33. The van der Waals surface area contributed by atoms with E-state index in [-0.39, 0.29) is 0 Å². The lowest BCUT2D eigenvalue weighted by Crippen LogP contribution is -2.38. The molecule has 1 aliphatic rings. The molecule has 0 aliphatic carbocycles. The van der Waals surface area contributed by atoms with E-state index in [1.807, 2.05) is 12.4 Å². The van der Waals surface area contributed by atoms with Crippen molar-refractivity contribution in [3.8, 4) is 0 Å². The molecule has 1 aromatic heterocycles. The van der Waals surface area contributed by atoms with E-state index >= 15 is 0 Å². The van der Waals surface area contributed by atoms with Crippen LogP contribution in [-0.4, -0.2) is 30.7 Å². The fraction of sp³-hybridized carbons (Fsp3) is 0.615. The van der Waals surface area contributed by atoms with E-state index in [9.17, 15) is 0 Å². The normalized spacial score (nSPS) is 19.9. The molecule has 16 heavy (non-hydrogen) atoms. The van der Waals surface area contributed by atoms with Gasteiger partial charge in [-0.25, -0.2) is 0 Å². The molecule has 0 aromatic carbocycles. The van der Waals surface area contributed by atoms with Gasteiger partial charge in [0.25, 0.3) is 0 Å². The molecule has 2 rings (SSSR count). The summed E-state index contributed by atoms with van der Waals surface area (Å²) in [6.45, 7) is 5.66. The average Bonchev–Trinajstić information content (AvgIpc) is 2.83. The maximum atomic E-state index is 4.08. The number of hydrogen-bond acceptors (Lipinski definition) is 3. The molecule has 0 saturated carbocycles. The van der Waals surface area contributed by atoms with Crippen molar-refractivity contribution < 1.29 is 0 Å². The monoisotopic (exact) mass is 219 g/mol. The Balaban J connectivity index is 1.99. The van der Waals surface area contributed by atoms with Crippen molar-refractivity contribution in [1.29, 1.82) is 0 Å².